The summed E-state index contributed by atoms with van der Waals surface area (Å²) < 4.78 is 7.48. The maximum atomic E-state index is 5.27. The standard InChI is InChI=1S/C25H27N3O/c1-6-20(17(3)16(2)11-12-29-5)23-25-24(27-15-26-23)21-13-18-9-7-8-10-19(18)14-22(21)28(25)4/h6-10,13-16H,1,11-12H2,2-5H3. The van der Waals surface area contributed by atoms with Crippen molar-refractivity contribution >= 4 is 38.3 Å². The van der Waals surface area contributed by atoms with Crippen LogP contribution in [0.1, 0.15) is 26.0 Å². The highest BCUT2D eigenvalue weighted by Crippen LogP contribution is 2.35. The average Bonchev–Trinajstić information content (AvgIpc) is 3.03. The molecule has 2 aromatic heterocycles. The third-order valence-electron chi connectivity index (χ3n) is 6.02. The van der Waals surface area contributed by atoms with E-state index in [1.807, 2.05) is 6.08 Å². The molecule has 1 atom stereocenters. The molecule has 0 spiro atoms. The van der Waals surface area contributed by atoms with Gasteiger partial charge in [0, 0.05) is 31.7 Å². The van der Waals surface area contributed by atoms with E-state index in [0.717, 1.165) is 46.2 Å². The molecule has 0 aliphatic carbocycles. The Kier molecular flexibility index (Phi) is 5.20. The van der Waals surface area contributed by atoms with Gasteiger partial charge >= 0.3 is 0 Å². The van der Waals surface area contributed by atoms with Crippen LogP contribution in [0.15, 0.2) is 61.0 Å². The van der Waals surface area contributed by atoms with Crippen molar-refractivity contribution in [2.75, 3.05) is 13.7 Å². The summed E-state index contributed by atoms with van der Waals surface area (Å²) in [6.45, 7) is 9.23. The summed E-state index contributed by atoms with van der Waals surface area (Å²) in [5.74, 6) is 0.380. The molecule has 0 N–H and O–H groups in total. The van der Waals surface area contributed by atoms with E-state index in [2.05, 4.69) is 73.4 Å². The van der Waals surface area contributed by atoms with Gasteiger partial charge in [0.15, 0.2) is 0 Å². The van der Waals surface area contributed by atoms with Crippen LogP contribution in [0.4, 0.5) is 0 Å². The number of ether oxygens (including phenoxy) is 1. The Morgan fingerprint density at radius 2 is 1.93 bits per heavy atom. The molecule has 4 heteroatoms. The van der Waals surface area contributed by atoms with E-state index in [1.165, 1.54) is 16.3 Å². The number of aromatic nitrogens is 3. The number of benzene rings is 2. The van der Waals surface area contributed by atoms with Crippen molar-refractivity contribution in [3.63, 3.8) is 0 Å². The number of rotatable bonds is 6. The highest BCUT2D eigenvalue weighted by Gasteiger charge is 2.19. The molecule has 4 aromatic rings. The zero-order valence-corrected chi connectivity index (χ0v) is 17.6. The average molecular weight is 386 g/mol. The molecule has 0 aliphatic heterocycles. The van der Waals surface area contributed by atoms with Crippen molar-refractivity contribution in [2.45, 2.75) is 20.3 Å². The summed E-state index contributed by atoms with van der Waals surface area (Å²) in [6, 6.07) is 12.9. The molecule has 0 saturated carbocycles. The zero-order chi connectivity index (χ0) is 20.5. The van der Waals surface area contributed by atoms with Gasteiger partial charge in [0.05, 0.1) is 16.7 Å². The van der Waals surface area contributed by atoms with Gasteiger partial charge in [-0.25, -0.2) is 9.97 Å². The highest BCUT2D eigenvalue weighted by molar-refractivity contribution is 6.13. The van der Waals surface area contributed by atoms with Crippen molar-refractivity contribution in [3.8, 4) is 0 Å². The topological polar surface area (TPSA) is 39.9 Å². The quantitative estimate of drug-likeness (QED) is 0.388. The second-order valence-corrected chi connectivity index (χ2v) is 7.68. The van der Waals surface area contributed by atoms with Crippen LogP contribution in [-0.4, -0.2) is 28.3 Å². The van der Waals surface area contributed by atoms with E-state index in [0.29, 0.717) is 5.92 Å². The summed E-state index contributed by atoms with van der Waals surface area (Å²) in [5, 5.41) is 3.60. The van der Waals surface area contributed by atoms with E-state index in [-0.39, 0.29) is 0 Å². The molecule has 0 bridgehead atoms. The smallest absolute Gasteiger partial charge is 0.116 e. The monoisotopic (exact) mass is 385 g/mol. The van der Waals surface area contributed by atoms with Gasteiger partial charge in [-0.2, -0.15) is 0 Å². The van der Waals surface area contributed by atoms with Crippen LogP contribution in [0, 0.1) is 5.92 Å². The molecule has 0 radical (unpaired) electrons. The third-order valence-corrected chi connectivity index (χ3v) is 6.02. The second-order valence-electron chi connectivity index (χ2n) is 7.68. The lowest BCUT2D eigenvalue weighted by atomic mass is 9.92. The first kappa shape index (κ1) is 19.3. The second kappa shape index (κ2) is 7.80. The summed E-state index contributed by atoms with van der Waals surface area (Å²) >= 11 is 0. The minimum absolute atomic E-state index is 0.380. The van der Waals surface area contributed by atoms with Crippen LogP contribution in [0.25, 0.3) is 38.3 Å². The first-order valence-corrected chi connectivity index (χ1v) is 10.0. The molecule has 0 aliphatic rings. The summed E-state index contributed by atoms with van der Waals surface area (Å²) in [7, 11) is 3.84. The lowest BCUT2D eigenvalue weighted by Crippen LogP contribution is -2.05. The Balaban J connectivity index is 2.00. The Morgan fingerprint density at radius 3 is 2.62 bits per heavy atom. The first-order chi connectivity index (χ1) is 14.1. The van der Waals surface area contributed by atoms with Crippen molar-refractivity contribution in [3.05, 3.63) is 66.6 Å². The summed E-state index contributed by atoms with van der Waals surface area (Å²) in [4.78, 5) is 9.35. The highest BCUT2D eigenvalue weighted by atomic mass is 16.5. The Bertz CT molecular complexity index is 1250. The molecular weight excluding hydrogens is 358 g/mol. The van der Waals surface area contributed by atoms with Crippen molar-refractivity contribution in [2.24, 2.45) is 13.0 Å². The normalized spacial score (nSPS) is 13.8. The molecule has 2 heterocycles. The van der Waals surface area contributed by atoms with Crippen molar-refractivity contribution < 1.29 is 4.74 Å². The van der Waals surface area contributed by atoms with E-state index in [1.54, 1.807) is 13.4 Å². The molecule has 0 fully saturated rings. The lowest BCUT2D eigenvalue weighted by Gasteiger charge is -2.16. The van der Waals surface area contributed by atoms with Crippen molar-refractivity contribution in [1.82, 2.24) is 14.5 Å². The molecular formula is C25H27N3O. The minimum Gasteiger partial charge on any atom is -0.385 e. The molecule has 4 rings (SSSR count). The van der Waals surface area contributed by atoms with Crippen LogP contribution in [0.5, 0.6) is 0 Å². The minimum atomic E-state index is 0.380. The first-order valence-electron chi connectivity index (χ1n) is 10.0. The Morgan fingerprint density at radius 1 is 1.21 bits per heavy atom. The van der Waals surface area contributed by atoms with Crippen LogP contribution >= 0.6 is 0 Å². The molecule has 148 valence electrons. The fourth-order valence-electron chi connectivity index (χ4n) is 4.13. The number of hydrogen-bond donors (Lipinski definition) is 0. The number of aryl methyl sites for hydroxylation is 1. The third kappa shape index (κ3) is 3.23. The Hall–Kier alpha value is -2.98. The predicted molar refractivity (Wildman–Crippen MR) is 122 cm³/mol. The molecule has 4 nitrogen and oxygen atoms in total. The number of nitrogens with zero attached hydrogens (tertiary/aromatic N) is 3. The molecule has 0 amide bonds. The van der Waals surface area contributed by atoms with Gasteiger partial charge < -0.3 is 9.30 Å². The van der Waals surface area contributed by atoms with Crippen LogP contribution in [0.2, 0.25) is 0 Å². The fraction of sp³-hybridized carbons (Fsp3) is 0.280. The lowest BCUT2D eigenvalue weighted by molar-refractivity contribution is 0.185. The number of allylic oxidation sites excluding steroid dienone is 3. The molecule has 1 unspecified atom stereocenters. The van der Waals surface area contributed by atoms with Crippen LogP contribution in [0.3, 0.4) is 0 Å². The van der Waals surface area contributed by atoms with Gasteiger partial charge in [0.25, 0.3) is 0 Å². The largest absolute Gasteiger partial charge is 0.385 e. The van der Waals surface area contributed by atoms with Gasteiger partial charge in [0.1, 0.15) is 11.8 Å². The van der Waals surface area contributed by atoms with Gasteiger partial charge in [-0.3, -0.25) is 0 Å². The van der Waals surface area contributed by atoms with Gasteiger partial charge in [-0.15, -0.1) is 0 Å². The van der Waals surface area contributed by atoms with Gasteiger partial charge in [0.2, 0.25) is 0 Å². The number of hydrogen-bond acceptors (Lipinski definition) is 3. The fourth-order valence-corrected chi connectivity index (χ4v) is 4.13. The maximum Gasteiger partial charge on any atom is 0.116 e. The Labute approximate surface area is 171 Å². The number of methoxy groups -OCH3 is 1. The number of fused-ring (bicyclic) bond motifs is 4. The zero-order valence-electron chi connectivity index (χ0n) is 17.6. The summed E-state index contributed by atoms with van der Waals surface area (Å²) in [6.07, 6.45) is 4.56. The predicted octanol–water partition coefficient (Wildman–Crippen LogP) is 5.91. The van der Waals surface area contributed by atoms with E-state index in [9.17, 15) is 0 Å². The van der Waals surface area contributed by atoms with E-state index < -0.39 is 0 Å². The molecule has 29 heavy (non-hydrogen) atoms. The van der Waals surface area contributed by atoms with E-state index >= 15 is 0 Å². The molecule has 0 saturated heterocycles. The van der Waals surface area contributed by atoms with Crippen LogP contribution in [-0.2, 0) is 11.8 Å². The van der Waals surface area contributed by atoms with Crippen molar-refractivity contribution in [1.29, 1.82) is 0 Å². The van der Waals surface area contributed by atoms with Gasteiger partial charge in [-0.1, -0.05) is 49.4 Å². The molecule has 2 aromatic carbocycles. The SMILES string of the molecule is C=CC(=C(C)C(C)CCOC)c1ncnc2c3cc4ccccc4cc3n(C)c12. The summed E-state index contributed by atoms with van der Waals surface area (Å²) in [5.41, 5.74) is 6.48. The van der Waals surface area contributed by atoms with Gasteiger partial charge in [-0.05, 0) is 42.2 Å². The van der Waals surface area contributed by atoms with Crippen LogP contribution < -0.4 is 0 Å². The maximum absolute atomic E-state index is 5.27. The van der Waals surface area contributed by atoms with E-state index in [4.69, 9.17) is 9.72 Å².